The number of phenols is 1. The quantitative estimate of drug-likeness (QED) is 0.0479. The summed E-state index contributed by atoms with van der Waals surface area (Å²) in [6.07, 6.45) is 1.64. The Morgan fingerprint density at radius 1 is 0.500 bits per heavy atom. The average molecular weight is 837 g/mol. The predicted molar refractivity (Wildman–Crippen MR) is 231 cm³/mol. The first-order valence-electron chi connectivity index (χ1n) is 17.2. The van der Waals surface area contributed by atoms with Crippen LogP contribution < -0.4 is 71.3 Å². The lowest BCUT2D eigenvalue weighted by Crippen LogP contribution is -1.98. The van der Waals surface area contributed by atoms with Crippen molar-refractivity contribution in [1.82, 2.24) is 9.97 Å². The predicted octanol–water partition coefficient (Wildman–Crippen LogP) is 5.91. The first kappa shape index (κ1) is 48.1. The Morgan fingerprint density at radius 3 is 1.33 bits per heavy atom. The fourth-order valence-electron chi connectivity index (χ4n) is 4.77. The van der Waals surface area contributed by atoms with Crippen molar-refractivity contribution in [1.29, 1.82) is 0 Å². The highest BCUT2D eigenvalue weighted by Crippen LogP contribution is 2.36. The highest BCUT2D eigenvalue weighted by atomic mass is 16.6. The maximum Gasteiger partial charge on any atom is 0.296 e. The molecule has 0 aliphatic heterocycles. The normalized spacial score (nSPS) is 9.62. The van der Waals surface area contributed by atoms with Crippen molar-refractivity contribution >= 4 is 45.2 Å². The van der Waals surface area contributed by atoms with Crippen LogP contribution in [-0.4, -0.2) is 84.0 Å². The van der Waals surface area contributed by atoms with E-state index in [1.165, 1.54) is 39.5 Å². The fourth-order valence-corrected chi connectivity index (χ4v) is 4.77. The van der Waals surface area contributed by atoms with Crippen molar-refractivity contribution < 1.29 is 52.7 Å². The Morgan fingerprint density at radius 2 is 0.883 bits per heavy atom. The Kier molecular flexibility index (Phi) is 19.2. The number of phenolic OH excluding ortho intramolecular Hbond substituents is 1. The van der Waals surface area contributed by atoms with Gasteiger partial charge in [-0.3, -0.25) is 10.1 Å². The van der Waals surface area contributed by atoms with E-state index in [1.54, 1.807) is 91.5 Å². The lowest BCUT2D eigenvalue weighted by Gasteiger charge is -2.09. The summed E-state index contributed by atoms with van der Waals surface area (Å²) in [5.41, 5.74) is 31.3. The number of nitro benzene ring substituents is 1. The van der Waals surface area contributed by atoms with Gasteiger partial charge in [0.2, 0.25) is 0 Å². The van der Waals surface area contributed by atoms with E-state index in [4.69, 9.17) is 76.4 Å². The maximum atomic E-state index is 10.5. The van der Waals surface area contributed by atoms with Crippen molar-refractivity contribution in [2.45, 2.75) is 0 Å². The number of nitro groups is 1. The van der Waals surface area contributed by atoms with Crippen LogP contribution >= 0.6 is 0 Å². The molecule has 0 fully saturated rings. The van der Waals surface area contributed by atoms with Crippen molar-refractivity contribution in [3.05, 3.63) is 89.2 Å². The second-order valence-electron chi connectivity index (χ2n) is 11.5. The van der Waals surface area contributed by atoms with Gasteiger partial charge >= 0.3 is 0 Å². The minimum Gasteiger partial charge on any atom is -0.504 e. The summed E-state index contributed by atoms with van der Waals surface area (Å²) in [7, 11) is 13.8. The number of hydrogen-bond donors (Lipinski definition) is 7. The Bertz CT molecular complexity index is 2220. The second kappa shape index (κ2) is 23.9. The van der Waals surface area contributed by atoms with E-state index < -0.39 is 4.92 Å². The summed E-state index contributed by atoms with van der Waals surface area (Å²) in [6, 6.07) is 19.5. The Hall–Kier alpha value is -8.03. The van der Waals surface area contributed by atoms with Crippen LogP contribution in [0.2, 0.25) is 0 Å². The first-order chi connectivity index (χ1) is 28.6. The molecule has 0 spiro atoms. The van der Waals surface area contributed by atoms with E-state index in [2.05, 4.69) is 9.97 Å². The van der Waals surface area contributed by atoms with Gasteiger partial charge in [0.1, 0.15) is 5.69 Å². The molecule has 1 aromatic heterocycles. The number of aromatic hydroxyl groups is 1. The van der Waals surface area contributed by atoms with E-state index >= 15 is 0 Å². The molecule has 0 aliphatic rings. The number of nitrogens with two attached hydrogens (primary N) is 5. The molecule has 0 atom stereocenters. The number of hydrogen-bond acceptors (Lipinski definition) is 18. The molecule has 6 aromatic rings. The summed E-state index contributed by atoms with van der Waals surface area (Å²) >= 11 is 0. The number of benzene rings is 5. The number of rotatable bonds is 10. The smallest absolute Gasteiger partial charge is 0.296 e. The number of nitrogen functional groups attached to an aromatic ring is 5. The molecular weight excluding hydrogens is 784 g/mol. The molecule has 0 aliphatic carbocycles. The van der Waals surface area contributed by atoms with E-state index in [0.717, 1.165) is 11.0 Å². The van der Waals surface area contributed by atoms with Gasteiger partial charge in [-0.1, -0.05) is 0 Å². The van der Waals surface area contributed by atoms with Crippen LogP contribution in [0.15, 0.2) is 79.1 Å². The number of nitrogens with one attached hydrogen (secondary N) is 1. The molecule has 12 N–H and O–H groups in total. The molecule has 6 rings (SSSR count). The van der Waals surface area contributed by atoms with Crippen molar-refractivity contribution in [2.24, 2.45) is 0 Å². The SMILES string of the molecule is COc1cc(N)c(N)cc1OC.COc1cc(N)c([N+](=O)[O-])cc1OC.COc1cc2nc[nH]c2cc1OC.COc1ccc(N)cc1O.COc1ccc(N)cc1OC. The maximum absolute atomic E-state index is 10.5. The zero-order valence-corrected chi connectivity index (χ0v) is 34.7. The molecule has 0 saturated heterocycles. The minimum absolute atomic E-state index is 0.0488. The molecule has 0 saturated carbocycles. The number of H-pyrrole nitrogens is 1. The van der Waals surface area contributed by atoms with Crippen molar-refractivity contribution in [3.63, 3.8) is 0 Å². The number of anilines is 5. The van der Waals surface area contributed by atoms with Crippen LogP contribution in [0.3, 0.4) is 0 Å². The van der Waals surface area contributed by atoms with Gasteiger partial charge in [-0.15, -0.1) is 0 Å². The van der Waals surface area contributed by atoms with Crippen molar-refractivity contribution in [2.75, 3.05) is 92.7 Å². The number of fused-ring (bicyclic) bond motifs is 1. The summed E-state index contributed by atoms with van der Waals surface area (Å²) in [4.78, 5) is 17.1. The number of aromatic amines is 1. The van der Waals surface area contributed by atoms with E-state index in [9.17, 15) is 10.1 Å². The Labute approximate surface area is 346 Å². The van der Waals surface area contributed by atoms with Crippen LogP contribution in [0.4, 0.5) is 34.1 Å². The van der Waals surface area contributed by atoms with Crippen LogP contribution in [0.5, 0.6) is 57.5 Å². The van der Waals surface area contributed by atoms with Gasteiger partial charge in [0.25, 0.3) is 5.69 Å². The summed E-state index contributed by atoms with van der Waals surface area (Å²) in [5, 5.41) is 19.6. The van der Waals surface area contributed by atoms with E-state index in [1.807, 2.05) is 12.1 Å². The number of ether oxygens (including phenoxy) is 9. The lowest BCUT2D eigenvalue weighted by molar-refractivity contribution is -0.384. The molecular formula is C40H52N8O12. The molecule has 20 heteroatoms. The number of aromatic nitrogens is 2. The number of nitrogens with zero attached hydrogens (tertiary/aromatic N) is 2. The van der Waals surface area contributed by atoms with Crippen molar-refractivity contribution in [3.8, 4) is 57.5 Å². The molecule has 0 radical (unpaired) electrons. The summed E-state index contributed by atoms with van der Waals surface area (Å²) < 4.78 is 44.9. The molecule has 0 unspecified atom stereocenters. The largest absolute Gasteiger partial charge is 0.504 e. The van der Waals surface area contributed by atoms with Gasteiger partial charge in [0.15, 0.2) is 57.5 Å². The van der Waals surface area contributed by atoms with E-state index in [0.29, 0.717) is 68.7 Å². The molecule has 5 aromatic carbocycles. The van der Waals surface area contributed by atoms with Gasteiger partial charge in [-0.05, 0) is 24.3 Å². The molecule has 1 heterocycles. The first-order valence-corrected chi connectivity index (χ1v) is 17.2. The van der Waals surface area contributed by atoms with Crippen LogP contribution in [0.1, 0.15) is 0 Å². The van der Waals surface area contributed by atoms with Gasteiger partial charge < -0.3 is 81.4 Å². The van der Waals surface area contributed by atoms with Gasteiger partial charge in [-0.25, -0.2) is 4.98 Å². The molecule has 0 bridgehead atoms. The third-order valence-electron chi connectivity index (χ3n) is 7.85. The standard InChI is InChI=1S/C9H10N2O2.C8H10N2O4.C8H12N2O2.C8H11NO2.C7H9NO2/c1-12-8-3-6-7(11-5-10-6)4-9(8)13-2;1-13-7-3-5(9)6(10(11)12)4-8(7)14-2;1-11-7-3-5(9)6(10)4-8(7)12-2;1-10-7-4-3-6(9)5-8(7)11-2;1-10-7-3-2-5(8)4-6(7)9/h3-5H,1-2H3,(H,10,11);3-4H,9H2,1-2H3;3-4H,9-10H2,1-2H3;3-5H,9H2,1-2H3;2-4,9H,8H2,1H3. The third-order valence-corrected chi connectivity index (χ3v) is 7.85. The number of methoxy groups -OCH3 is 9. The molecule has 324 valence electrons. The van der Waals surface area contributed by atoms with Crippen LogP contribution in [0, 0.1) is 10.1 Å². The molecule has 0 amide bonds. The average Bonchev–Trinajstić information content (AvgIpc) is 3.72. The molecule has 60 heavy (non-hydrogen) atoms. The Balaban J connectivity index is 0.000000260. The zero-order chi connectivity index (χ0) is 44.9. The van der Waals surface area contributed by atoms with E-state index in [-0.39, 0.29) is 22.9 Å². The fraction of sp³-hybridized carbons (Fsp3) is 0.225. The van der Waals surface area contributed by atoms with Gasteiger partial charge in [0, 0.05) is 53.8 Å². The number of imidazole rings is 1. The lowest BCUT2D eigenvalue weighted by atomic mass is 10.2. The topological polar surface area (TPSA) is 305 Å². The van der Waals surface area contributed by atoms with Crippen LogP contribution in [-0.2, 0) is 0 Å². The summed E-state index contributed by atoms with van der Waals surface area (Å²) in [5.74, 6) is 5.10. The van der Waals surface area contributed by atoms with Gasteiger partial charge in [0.05, 0.1) is 104 Å². The van der Waals surface area contributed by atoms with Crippen LogP contribution in [0.25, 0.3) is 11.0 Å². The minimum atomic E-state index is -0.572. The monoisotopic (exact) mass is 836 g/mol. The highest BCUT2D eigenvalue weighted by Gasteiger charge is 2.17. The zero-order valence-electron chi connectivity index (χ0n) is 34.7. The highest BCUT2D eigenvalue weighted by molar-refractivity contribution is 5.79. The van der Waals surface area contributed by atoms with Gasteiger partial charge in [-0.2, -0.15) is 0 Å². The molecule has 20 nitrogen and oxygen atoms in total. The second-order valence-corrected chi connectivity index (χ2v) is 11.5. The third kappa shape index (κ3) is 13.6. The summed E-state index contributed by atoms with van der Waals surface area (Å²) in [6.45, 7) is 0.